The van der Waals surface area contributed by atoms with Gasteiger partial charge in [0.05, 0.1) is 17.3 Å². The third-order valence-electron chi connectivity index (χ3n) is 3.56. The minimum atomic E-state index is -0.553. The predicted octanol–water partition coefficient (Wildman–Crippen LogP) is 3.51. The molecule has 0 aliphatic heterocycles. The van der Waals surface area contributed by atoms with Gasteiger partial charge in [-0.15, -0.1) is 0 Å². The summed E-state index contributed by atoms with van der Waals surface area (Å²) in [6, 6.07) is 9.97. The average Bonchev–Trinajstić information content (AvgIpc) is 2.55. The fourth-order valence-corrected chi connectivity index (χ4v) is 2.90. The highest BCUT2D eigenvalue weighted by Gasteiger charge is 2.14. The van der Waals surface area contributed by atoms with E-state index in [2.05, 4.69) is 21.2 Å². The standard InChI is InChI=1S/C17H17BrClFN2O2/c1-10(11-3-6-16(24-2)13(18)7-11)21-9-17(23)22-15-5-4-12(19)8-14(15)20/h3-8,10,21H,9H2,1-2H3,(H,22,23)/p+1/t10-/m0/s1. The van der Waals surface area contributed by atoms with Crippen LogP contribution in [0.15, 0.2) is 40.9 Å². The summed E-state index contributed by atoms with van der Waals surface area (Å²) in [7, 11) is 1.61. The van der Waals surface area contributed by atoms with Crippen LogP contribution in [0.1, 0.15) is 18.5 Å². The normalized spacial score (nSPS) is 11.9. The lowest BCUT2D eigenvalue weighted by molar-refractivity contribution is -0.682. The van der Waals surface area contributed by atoms with Crippen molar-refractivity contribution < 1.29 is 19.2 Å². The van der Waals surface area contributed by atoms with Crippen LogP contribution in [0.5, 0.6) is 5.75 Å². The molecule has 128 valence electrons. The molecule has 0 spiro atoms. The van der Waals surface area contributed by atoms with Crippen molar-refractivity contribution in [3.8, 4) is 5.75 Å². The zero-order valence-electron chi connectivity index (χ0n) is 13.3. The number of benzene rings is 2. The Labute approximate surface area is 153 Å². The maximum Gasteiger partial charge on any atom is 0.279 e. The monoisotopic (exact) mass is 415 g/mol. The second kappa shape index (κ2) is 8.46. The van der Waals surface area contributed by atoms with Gasteiger partial charge in [0, 0.05) is 10.6 Å². The zero-order chi connectivity index (χ0) is 17.7. The van der Waals surface area contributed by atoms with Gasteiger partial charge in [0.2, 0.25) is 0 Å². The van der Waals surface area contributed by atoms with Crippen molar-refractivity contribution in [2.24, 2.45) is 0 Å². The van der Waals surface area contributed by atoms with E-state index in [-0.39, 0.29) is 29.2 Å². The molecule has 0 aliphatic rings. The Kier molecular flexibility index (Phi) is 6.60. The van der Waals surface area contributed by atoms with Gasteiger partial charge >= 0.3 is 0 Å². The summed E-state index contributed by atoms with van der Waals surface area (Å²) in [6.07, 6.45) is 0. The molecule has 1 atom stereocenters. The largest absolute Gasteiger partial charge is 0.496 e. The molecule has 1 amide bonds. The third-order valence-corrected chi connectivity index (χ3v) is 4.42. The average molecular weight is 417 g/mol. The first-order chi connectivity index (χ1) is 11.4. The molecule has 0 radical (unpaired) electrons. The van der Waals surface area contributed by atoms with Crippen molar-refractivity contribution in [1.82, 2.24) is 0 Å². The molecule has 0 bridgehead atoms. The molecule has 7 heteroatoms. The number of anilines is 1. The second-order valence-electron chi connectivity index (χ2n) is 5.29. The zero-order valence-corrected chi connectivity index (χ0v) is 15.6. The Bertz CT molecular complexity index is 743. The molecule has 0 heterocycles. The molecular formula is C17H18BrClFN2O2+. The number of nitrogens with two attached hydrogens (primary N) is 1. The maximum atomic E-state index is 13.7. The smallest absolute Gasteiger partial charge is 0.279 e. The maximum absolute atomic E-state index is 13.7. The van der Waals surface area contributed by atoms with E-state index >= 15 is 0 Å². The van der Waals surface area contributed by atoms with Gasteiger partial charge in [-0.05, 0) is 59.3 Å². The number of nitrogens with one attached hydrogen (secondary N) is 1. The summed E-state index contributed by atoms with van der Waals surface area (Å²) in [6.45, 7) is 2.16. The Hall–Kier alpha value is -1.63. The van der Waals surface area contributed by atoms with Crippen LogP contribution in [0, 0.1) is 5.82 Å². The molecule has 2 aromatic carbocycles. The highest BCUT2D eigenvalue weighted by molar-refractivity contribution is 9.10. The van der Waals surface area contributed by atoms with Crippen molar-refractivity contribution in [1.29, 1.82) is 0 Å². The van der Waals surface area contributed by atoms with Crippen molar-refractivity contribution >= 4 is 39.1 Å². The van der Waals surface area contributed by atoms with Crippen molar-refractivity contribution in [3.63, 3.8) is 0 Å². The van der Waals surface area contributed by atoms with Gasteiger partial charge < -0.3 is 15.4 Å². The number of hydrogen-bond acceptors (Lipinski definition) is 2. The summed E-state index contributed by atoms with van der Waals surface area (Å²) in [5, 5.41) is 4.70. The molecule has 2 aromatic rings. The van der Waals surface area contributed by atoms with Gasteiger partial charge in [0.1, 0.15) is 17.6 Å². The minimum Gasteiger partial charge on any atom is -0.496 e. The SMILES string of the molecule is COc1ccc([C@H](C)[NH2+]CC(=O)Nc2ccc(Cl)cc2F)cc1Br. The highest BCUT2D eigenvalue weighted by atomic mass is 79.9. The van der Waals surface area contributed by atoms with Crippen LogP contribution < -0.4 is 15.4 Å². The molecule has 2 rings (SSSR count). The van der Waals surface area contributed by atoms with Crippen molar-refractivity contribution in [2.75, 3.05) is 19.0 Å². The van der Waals surface area contributed by atoms with Crippen LogP contribution >= 0.6 is 27.5 Å². The number of carbonyl (C=O) groups excluding carboxylic acids is 1. The molecule has 0 saturated heterocycles. The van der Waals surface area contributed by atoms with Gasteiger partial charge in [-0.2, -0.15) is 0 Å². The van der Waals surface area contributed by atoms with Gasteiger partial charge in [-0.3, -0.25) is 4.79 Å². The fourth-order valence-electron chi connectivity index (χ4n) is 2.18. The number of methoxy groups -OCH3 is 1. The van der Waals surface area contributed by atoms with Gasteiger partial charge in [-0.25, -0.2) is 4.39 Å². The number of rotatable bonds is 6. The topological polar surface area (TPSA) is 54.9 Å². The summed E-state index contributed by atoms with van der Waals surface area (Å²) < 4.78 is 19.7. The summed E-state index contributed by atoms with van der Waals surface area (Å²) in [5.41, 5.74) is 1.17. The quantitative estimate of drug-likeness (QED) is 0.757. The molecule has 0 aromatic heterocycles. The Balaban J connectivity index is 1.92. The van der Waals surface area contributed by atoms with Crippen LogP contribution in [0.2, 0.25) is 5.02 Å². The van der Waals surface area contributed by atoms with Crippen molar-refractivity contribution in [3.05, 3.63) is 57.3 Å². The third kappa shape index (κ3) is 4.93. The number of ether oxygens (including phenoxy) is 1. The molecule has 0 unspecified atom stereocenters. The van der Waals surface area contributed by atoms with Crippen molar-refractivity contribution in [2.45, 2.75) is 13.0 Å². The van der Waals surface area contributed by atoms with Crippen LogP contribution in [0.3, 0.4) is 0 Å². The van der Waals surface area contributed by atoms with Crippen LogP contribution in [0.4, 0.5) is 10.1 Å². The van der Waals surface area contributed by atoms with Gasteiger partial charge in [0.25, 0.3) is 5.91 Å². The van der Waals surface area contributed by atoms with E-state index in [1.807, 2.05) is 30.4 Å². The van der Waals surface area contributed by atoms with Crippen LogP contribution in [-0.4, -0.2) is 19.6 Å². The molecule has 4 nitrogen and oxygen atoms in total. The minimum absolute atomic E-state index is 0.0630. The number of hydrogen-bond donors (Lipinski definition) is 2. The molecule has 3 N–H and O–H groups in total. The molecule has 0 aliphatic carbocycles. The molecular weight excluding hydrogens is 399 g/mol. The van der Waals surface area contributed by atoms with E-state index < -0.39 is 5.82 Å². The van der Waals surface area contributed by atoms with E-state index in [9.17, 15) is 9.18 Å². The van der Waals surface area contributed by atoms with E-state index in [1.165, 1.54) is 18.2 Å². The van der Waals surface area contributed by atoms with Gasteiger partial charge in [-0.1, -0.05) is 11.6 Å². The van der Waals surface area contributed by atoms with E-state index in [0.717, 1.165) is 15.8 Å². The summed E-state index contributed by atoms with van der Waals surface area (Å²) in [5.74, 6) is -0.0828. The van der Waals surface area contributed by atoms with E-state index in [1.54, 1.807) is 7.11 Å². The Morgan fingerprint density at radius 3 is 2.75 bits per heavy atom. The lowest BCUT2D eigenvalue weighted by Crippen LogP contribution is -2.86. The fraction of sp³-hybridized carbons (Fsp3) is 0.235. The van der Waals surface area contributed by atoms with Gasteiger partial charge in [0.15, 0.2) is 6.54 Å². The lowest BCUT2D eigenvalue weighted by atomic mass is 10.1. The number of halogens is 3. The first kappa shape index (κ1) is 18.7. The second-order valence-corrected chi connectivity index (χ2v) is 6.59. The predicted molar refractivity (Wildman–Crippen MR) is 95.9 cm³/mol. The van der Waals surface area contributed by atoms with Crippen LogP contribution in [0.25, 0.3) is 0 Å². The number of carbonyl (C=O) groups is 1. The Morgan fingerprint density at radius 1 is 1.38 bits per heavy atom. The van der Waals surface area contributed by atoms with E-state index in [4.69, 9.17) is 16.3 Å². The number of amides is 1. The first-order valence-electron chi connectivity index (χ1n) is 7.32. The Morgan fingerprint density at radius 2 is 2.12 bits per heavy atom. The first-order valence-corrected chi connectivity index (χ1v) is 8.49. The van der Waals surface area contributed by atoms with Crippen LogP contribution in [-0.2, 0) is 4.79 Å². The molecule has 24 heavy (non-hydrogen) atoms. The van der Waals surface area contributed by atoms with E-state index in [0.29, 0.717) is 0 Å². The molecule has 0 saturated carbocycles. The summed E-state index contributed by atoms with van der Waals surface area (Å²) >= 11 is 9.13. The lowest BCUT2D eigenvalue weighted by Gasteiger charge is -2.13. The number of quaternary nitrogens is 1. The molecule has 0 fully saturated rings. The summed E-state index contributed by atoms with van der Waals surface area (Å²) in [4.78, 5) is 12.0. The highest BCUT2D eigenvalue weighted by Crippen LogP contribution is 2.27.